The Balaban J connectivity index is 1.86. The third kappa shape index (κ3) is 3.77. The molecular weight excluding hydrogens is 257 g/mol. The van der Waals surface area contributed by atoms with Crippen molar-refractivity contribution in [1.29, 1.82) is 0 Å². The van der Waals surface area contributed by atoms with Gasteiger partial charge in [0.15, 0.2) is 0 Å². The summed E-state index contributed by atoms with van der Waals surface area (Å²) in [7, 11) is 0. The van der Waals surface area contributed by atoms with E-state index < -0.39 is 0 Å². The van der Waals surface area contributed by atoms with Gasteiger partial charge >= 0.3 is 0 Å². The Kier molecular flexibility index (Phi) is 5.09. The molecule has 1 heterocycles. The van der Waals surface area contributed by atoms with Gasteiger partial charge in [-0.05, 0) is 24.6 Å². The van der Waals surface area contributed by atoms with Crippen LogP contribution >= 0.6 is 0 Å². The third-order valence-corrected chi connectivity index (χ3v) is 3.88. The molecule has 110 valence electrons. The molecule has 1 aliphatic rings. The van der Waals surface area contributed by atoms with Gasteiger partial charge in [0.05, 0.1) is 6.42 Å². The van der Waals surface area contributed by atoms with Crippen molar-refractivity contribution in [3.8, 4) is 0 Å². The quantitative estimate of drug-likeness (QED) is 0.889. The minimum atomic E-state index is -0.295. The summed E-state index contributed by atoms with van der Waals surface area (Å²) in [4.78, 5) is 16.3. The van der Waals surface area contributed by atoms with E-state index in [-0.39, 0.29) is 18.1 Å². The predicted molar refractivity (Wildman–Crippen MR) is 76.8 cm³/mol. The first kappa shape index (κ1) is 14.9. The van der Waals surface area contributed by atoms with Gasteiger partial charge in [0.25, 0.3) is 0 Å². The summed E-state index contributed by atoms with van der Waals surface area (Å²) in [6.07, 6.45) is 0.268. The van der Waals surface area contributed by atoms with Gasteiger partial charge in [0.1, 0.15) is 5.82 Å². The van der Waals surface area contributed by atoms with Crippen LogP contribution in [0, 0.1) is 5.82 Å². The number of rotatable bonds is 4. The maximum atomic E-state index is 13.1. The number of carbonyl (C=O) groups is 1. The molecule has 4 nitrogen and oxygen atoms in total. The maximum Gasteiger partial charge on any atom is 0.227 e. The lowest BCUT2D eigenvalue weighted by molar-refractivity contribution is -0.132. The van der Waals surface area contributed by atoms with E-state index >= 15 is 0 Å². The highest BCUT2D eigenvalue weighted by Gasteiger charge is 2.23. The SMILES string of the molecule is CC(CN)N1CCN(C(=O)Cc2cccc(F)c2)CC1. The molecule has 5 heteroatoms. The van der Waals surface area contributed by atoms with E-state index in [1.807, 2.05) is 4.90 Å². The lowest BCUT2D eigenvalue weighted by atomic mass is 10.1. The van der Waals surface area contributed by atoms with Crippen molar-refractivity contribution in [3.05, 3.63) is 35.6 Å². The van der Waals surface area contributed by atoms with E-state index in [9.17, 15) is 9.18 Å². The van der Waals surface area contributed by atoms with Gasteiger partial charge in [0.2, 0.25) is 5.91 Å². The van der Waals surface area contributed by atoms with Crippen LogP contribution in [-0.4, -0.2) is 54.5 Å². The highest BCUT2D eigenvalue weighted by molar-refractivity contribution is 5.78. The van der Waals surface area contributed by atoms with Crippen LogP contribution < -0.4 is 5.73 Å². The summed E-state index contributed by atoms with van der Waals surface area (Å²) in [5, 5.41) is 0. The van der Waals surface area contributed by atoms with Crippen molar-refractivity contribution in [2.24, 2.45) is 5.73 Å². The van der Waals surface area contributed by atoms with E-state index in [4.69, 9.17) is 5.73 Å². The van der Waals surface area contributed by atoms with Crippen molar-refractivity contribution >= 4 is 5.91 Å². The number of nitrogens with two attached hydrogens (primary N) is 1. The molecule has 1 atom stereocenters. The minimum Gasteiger partial charge on any atom is -0.340 e. The summed E-state index contributed by atoms with van der Waals surface area (Å²) < 4.78 is 13.1. The molecule has 0 spiro atoms. The number of carbonyl (C=O) groups excluding carboxylic acids is 1. The zero-order valence-corrected chi connectivity index (χ0v) is 11.9. The third-order valence-electron chi connectivity index (χ3n) is 3.88. The van der Waals surface area contributed by atoms with Gasteiger partial charge in [-0.3, -0.25) is 9.69 Å². The van der Waals surface area contributed by atoms with Crippen LogP contribution in [-0.2, 0) is 11.2 Å². The molecule has 0 aliphatic carbocycles. The zero-order chi connectivity index (χ0) is 14.5. The summed E-state index contributed by atoms with van der Waals surface area (Å²) in [5.74, 6) is -0.229. The number of halogens is 1. The van der Waals surface area contributed by atoms with Crippen LogP contribution in [0.15, 0.2) is 24.3 Å². The van der Waals surface area contributed by atoms with E-state index in [1.165, 1.54) is 12.1 Å². The molecule has 1 unspecified atom stereocenters. The van der Waals surface area contributed by atoms with Crippen LogP contribution in [0.4, 0.5) is 4.39 Å². The van der Waals surface area contributed by atoms with Crippen molar-refractivity contribution in [3.63, 3.8) is 0 Å². The lowest BCUT2D eigenvalue weighted by Crippen LogP contribution is -2.53. The molecule has 1 fully saturated rings. The number of hydrogen-bond acceptors (Lipinski definition) is 3. The monoisotopic (exact) mass is 279 g/mol. The highest BCUT2D eigenvalue weighted by Crippen LogP contribution is 2.10. The van der Waals surface area contributed by atoms with Crippen LogP contribution in [0.2, 0.25) is 0 Å². The first-order chi connectivity index (χ1) is 9.60. The normalized spacial score (nSPS) is 18.1. The van der Waals surface area contributed by atoms with Gasteiger partial charge in [-0.1, -0.05) is 12.1 Å². The van der Waals surface area contributed by atoms with Crippen molar-refractivity contribution in [2.75, 3.05) is 32.7 Å². The summed E-state index contributed by atoms with van der Waals surface area (Å²) in [5.41, 5.74) is 6.39. The van der Waals surface area contributed by atoms with E-state index in [2.05, 4.69) is 11.8 Å². The molecule has 1 amide bonds. The van der Waals surface area contributed by atoms with Gasteiger partial charge in [0, 0.05) is 38.8 Å². The van der Waals surface area contributed by atoms with Gasteiger partial charge < -0.3 is 10.6 Å². The Bertz CT molecular complexity index is 458. The van der Waals surface area contributed by atoms with E-state index in [0.717, 1.165) is 31.7 Å². The Labute approximate surface area is 119 Å². The van der Waals surface area contributed by atoms with Gasteiger partial charge in [-0.25, -0.2) is 4.39 Å². The second-order valence-corrected chi connectivity index (χ2v) is 5.31. The molecular formula is C15H22FN3O. The highest BCUT2D eigenvalue weighted by atomic mass is 19.1. The first-order valence-electron chi connectivity index (χ1n) is 7.06. The Morgan fingerprint density at radius 1 is 1.35 bits per heavy atom. The van der Waals surface area contributed by atoms with Crippen LogP contribution in [0.3, 0.4) is 0 Å². The molecule has 0 saturated carbocycles. The van der Waals surface area contributed by atoms with Crippen LogP contribution in [0.25, 0.3) is 0 Å². The number of amides is 1. The van der Waals surface area contributed by atoms with Crippen LogP contribution in [0.1, 0.15) is 12.5 Å². The summed E-state index contributed by atoms with van der Waals surface area (Å²) in [6.45, 7) is 5.89. The molecule has 0 aromatic heterocycles. The second kappa shape index (κ2) is 6.81. The summed E-state index contributed by atoms with van der Waals surface area (Å²) >= 11 is 0. The van der Waals surface area contributed by atoms with Crippen LogP contribution in [0.5, 0.6) is 0 Å². The van der Waals surface area contributed by atoms with Crippen molar-refractivity contribution in [2.45, 2.75) is 19.4 Å². The van der Waals surface area contributed by atoms with Crippen molar-refractivity contribution in [1.82, 2.24) is 9.80 Å². The molecule has 1 aromatic carbocycles. The standard InChI is InChI=1S/C15H22FN3O/c1-12(11-17)18-5-7-19(8-6-18)15(20)10-13-3-2-4-14(16)9-13/h2-4,9,12H,5-8,10-11,17H2,1H3. The summed E-state index contributed by atoms with van der Waals surface area (Å²) in [6, 6.07) is 6.59. The molecule has 20 heavy (non-hydrogen) atoms. The fourth-order valence-corrected chi connectivity index (χ4v) is 2.49. The number of benzene rings is 1. The fourth-order valence-electron chi connectivity index (χ4n) is 2.49. The van der Waals surface area contributed by atoms with Crippen molar-refractivity contribution < 1.29 is 9.18 Å². The second-order valence-electron chi connectivity index (χ2n) is 5.31. The number of hydrogen-bond donors (Lipinski definition) is 1. The smallest absolute Gasteiger partial charge is 0.227 e. The Morgan fingerprint density at radius 3 is 2.65 bits per heavy atom. The average Bonchev–Trinajstić information content (AvgIpc) is 2.46. The molecule has 0 bridgehead atoms. The molecule has 1 aromatic rings. The maximum absolute atomic E-state index is 13.1. The topological polar surface area (TPSA) is 49.6 Å². The van der Waals surface area contributed by atoms with Gasteiger partial charge in [-0.2, -0.15) is 0 Å². The molecule has 2 N–H and O–H groups in total. The van der Waals surface area contributed by atoms with E-state index in [0.29, 0.717) is 12.6 Å². The Hall–Kier alpha value is -1.46. The predicted octanol–water partition coefficient (Wildman–Crippen LogP) is 0.860. The molecule has 0 radical (unpaired) electrons. The molecule has 1 saturated heterocycles. The lowest BCUT2D eigenvalue weighted by Gasteiger charge is -2.37. The van der Waals surface area contributed by atoms with E-state index in [1.54, 1.807) is 12.1 Å². The zero-order valence-electron chi connectivity index (χ0n) is 11.9. The number of piperazine rings is 1. The minimum absolute atomic E-state index is 0.0654. The average molecular weight is 279 g/mol. The number of nitrogens with zero attached hydrogens (tertiary/aromatic N) is 2. The molecule has 1 aliphatic heterocycles. The fraction of sp³-hybridized carbons (Fsp3) is 0.533. The Morgan fingerprint density at radius 2 is 2.05 bits per heavy atom. The first-order valence-corrected chi connectivity index (χ1v) is 7.06. The van der Waals surface area contributed by atoms with Gasteiger partial charge in [-0.15, -0.1) is 0 Å². The largest absolute Gasteiger partial charge is 0.340 e. The molecule has 2 rings (SSSR count).